The first-order valence-electron chi connectivity index (χ1n) is 6.39. The van der Waals surface area contributed by atoms with Crippen molar-refractivity contribution in [2.45, 2.75) is 19.4 Å². The van der Waals surface area contributed by atoms with Gasteiger partial charge in [-0.2, -0.15) is 0 Å². The molecule has 106 valence electrons. The van der Waals surface area contributed by atoms with Gasteiger partial charge in [0.1, 0.15) is 0 Å². The predicted molar refractivity (Wildman–Crippen MR) is 93.9 cm³/mol. The molecule has 1 heterocycles. The normalized spacial score (nSPS) is 12.4. The number of nitrogens with zero attached hydrogens (tertiary/aromatic N) is 1. The summed E-state index contributed by atoms with van der Waals surface area (Å²) >= 11 is 10.7. The zero-order valence-electron chi connectivity index (χ0n) is 11.0. The van der Waals surface area contributed by atoms with Crippen LogP contribution in [0, 0.1) is 0 Å². The second-order valence-electron chi connectivity index (χ2n) is 4.43. The standard InChI is InChI=1S/C15H15Br3N2/c1-2-19-14(7-10-5-3-4-6-12(10)17)15-13(18)8-11(16)9-20-15/h3-6,8-9,14,19H,2,7H2,1H3. The van der Waals surface area contributed by atoms with Crippen LogP contribution < -0.4 is 5.32 Å². The van der Waals surface area contributed by atoms with Crippen LogP contribution in [0.25, 0.3) is 0 Å². The summed E-state index contributed by atoms with van der Waals surface area (Å²) in [6.07, 6.45) is 2.73. The van der Waals surface area contributed by atoms with E-state index in [0.29, 0.717) is 0 Å². The fraction of sp³-hybridized carbons (Fsp3) is 0.267. The second-order valence-corrected chi connectivity index (χ2v) is 7.05. The zero-order chi connectivity index (χ0) is 14.5. The van der Waals surface area contributed by atoms with Crippen LogP contribution in [0.15, 0.2) is 49.9 Å². The van der Waals surface area contributed by atoms with Gasteiger partial charge in [-0.1, -0.05) is 41.1 Å². The Morgan fingerprint density at radius 2 is 1.90 bits per heavy atom. The SMILES string of the molecule is CCNC(Cc1ccccc1Br)c1ncc(Br)cc1Br. The van der Waals surface area contributed by atoms with Gasteiger partial charge in [0, 0.05) is 19.6 Å². The van der Waals surface area contributed by atoms with Gasteiger partial charge in [-0.25, -0.2) is 0 Å². The molecule has 1 aromatic heterocycles. The summed E-state index contributed by atoms with van der Waals surface area (Å²) in [4.78, 5) is 4.55. The molecule has 20 heavy (non-hydrogen) atoms. The quantitative estimate of drug-likeness (QED) is 0.655. The van der Waals surface area contributed by atoms with Crippen molar-refractivity contribution in [3.63, 3.8) is 0 Å². The molecule has 0 amide bonds. The third kappa shape index (κ3) is 4.13. The van der Waals surface area contributed by atoms with E-state index < -0.39 is 0 Å². The lowest BCUT2D eigenvalue weighted by molar-refractivity contribution is 0.533. The van der Waals surface area contributed by atoms with Crippen molar-refractivity contribution in [3.05, 3.63) is 61.2 Å². The Labute approximate surface area is 144 Å². The summed E-state index contributed by atoms with van der Waals surface area (Å²) in [5, 5.41) is 3.51. The molecule has 0 spiro atoms. The zero-order valence-corrected chi connectivity index (χ0v) is 15.8. The molecule has 0 bridgehead atoms. The number of benzene rings is 1. The molecule has 2 nitrogen and oxygen atoms in total. The fourth-order valence-corrected chi connectivity index (χ4v) is 3.79. The molecule has 0 aliphatic rings. The first-order valence-corrected chi connectivity index (χ1v) is 8.77. The van der Waals surface area contributed by atoms with Gasteiger partial charge in [-0.05, 0) is 62.5 Å². The van der Waals surface area contributed by atoms with Crippen LogP contribution in [-0.4, -0.2) is 11.5 Å². The molecule has 0 aliphatic heterocycles. The minimum Gasteiger partial charge on any atom is -0.309 e. The van der Waals surface area contributed by atoms with Gasteiger partial charge in [-0.15, -0.1) is 0 Å². The Kier molecular flexibility index (Phi) is 6.20. The van der Waals surface area contributed by atoms with E-state index in [1.54, 1.807) is 0 Å². The van der Waals surface area contributed by atoms with Crippen molar-refractivity contribution in [3.8, 4) is 0 Å². The maximum absolute atomic E-state index is 4.55. The summed E-state index contributed by atoms with van der Waals surface area (Å²) in [7, 11) is 0. The lowest BCUT2D eigenvalue weighted by Crippen LogP contribution is -2.24. The number of hydrogen-bond donors (Lipinski definition) is 1. The van der Waals surface area contributed by atoms with Gasteiger partial charge in [0.25, 0.3) is 0 Å². The molecule has 1 atom stereocenters. The first-order chi connectivity index (χ1) is 9.61. The van der Waals surface area contributed by atoms with Crippen LogP contribution in [0.3, 0.4) is 0 Å². The summed E-state index contributed by atoms with van der Waals surface area (Å²) in [6, 6.07) is 10.5. The highest BCUT2D eigenvalue weighted by atomic mass is 79.9. The second kappa shape index (κ2) is 7.69. The third-order valence-corrected chi connectivity index (χ3v) is 4.84. The number of nitrogens with one attached hydrogen (secondary N) is 1. The van der Waals surface area contributed by atoms with E-state index in [9.17, 15) is 0 Å². The van der Waals surface area contributed by atoms with Gasteiger partial charge < -0.3 is 5.32 Å². The molecule has 0 saturated carbocycles. The predicted octanol–water partition coefficient (Wildman–Crippen LogP) is 5.26. The molecular weight excluding hydrogens is 448 g/mol. The van der Waals surface area contributed by atoms with Crippen molar-refractivity contribution in [2.75, 3.05) is 6.54 Å². The van der Waals surface area contributed by atoms with Gasteiger partial charge >= 0.3 is 0 Å². The van der Waals surface area contributed by atoms with Crippen LogP contribution >= 0.6 is 47.8 Å². The van der Waals surface area contributed by atoms with Crippen molar-refractivity contribution in [1.82, 2.24) is 10.3 Å². The van der Waals surface area contributed by atoms with Gasteiger partial charge in [-0.3, -0.25) is 4.98 Å². The molecular formula is C15H15Br3N2. The molecule has 0 aliphatic carbocycles. The lowest BCUT2D eigenvalue weighted by atomic mass is 10.0. The Morgan fingerprint density at radius 3 is 2.55 bits per heavy atom. The summed E-state index contributed by atoms with van der Waals surface area (Å²) in [5.74, 6) is 0. The number of pyridine rings is 1. The Hall–Kier alpha value is -0.230. The Bertz CT molecular complexity index is 587. The van der Waals surface area contributed by atoms with Crippen molar-refractivity contribution in [1.29, 1.82) is 0 Å². The number of likely N-dealkylation sites (N-methyl/N-ethyl adjacent to an activating group) is 1. The van der Waals surface area contributed by atoms with E-state index in [1.165, 1.54) is 5.56 Å². The average Bonchev–Trinajstić information content (AvgIpc) is 2.41. The van der Waals surface area contributed by atoms with E-state index in [4.69, 9.17) is 0 Å². The van der Waals surface area contributed by atoms with Crippen molar-refractivity contribution in [2.24, 2.45) is 0 Å². The molecule has 2 aromatic rings. The highest BCUT2D eigenvalue weighted by Gasteiger charge is 2.17. The van der Waals surface area contributed by atoms with E-state index in [0.717, 1.165) is 32.1 Å². The number of halogens is 3. The lowest BCUT2D eigenvalue weighted by Gasteiger charge is -2.19. The topological polar surface area (TPSA) is 24.9 Å². The molecule has 1 unspecified atom stereocenters. The smallest absolute Gasteiger partial charge is 0.0719 e. The van der Waals surface area contributed by atoms with Crippen LogP contribution in [0.2, 0.25) is 0 Å². The number of aromatic nitrogens is 1. The van der Waals surface area contributed by atoms with Crippen molar-refractivity contribution < 1.29 is 0 Å². The molecule has 2 rings (SSSR count). The molecule has 5 heteroatoms. The van der Waals surface area contributed by atoms with Crippen molar-refractivity contribution >= 4 is 47.8 Å². The van der Waals surface area contributed by atoms with Gasteiger partial charge in [0.15, 0.2) is 0 Å². The van der Waals surface area contributed by atoms with Gasteiger partial charge in [0.05, 0.1) is 11.7 Å². The molecule has 1 aromatic carbocycles. The molecule has 1 N–H and O–H groups in total. The fourth-order valence-electron chi connectivity index (χ4n) is 2.08. The van der Waals surface area contributed by atoms with Crippen LogP contribution in [0.5, 0.6) is 0 Å². The monoisotopic (exact) mass is 460 g/mol. The minimum atomic E-state index is 0.182. The van der Waals surface area contributed by atoms with E-state index in [2.05, 4.69) is 83.2 Å². The number of hydrogen-bond acceptors (Lipinski definition) is 2. The van der Waals surface area contributed by atoms with Gasteiger partial charge in [0.2, 0.25) is 0 Å². The van der Waals surface area contributed by atoms with E-state index >= 15 is 0 Å². The third-order valence-electron chi connectivity index (χ3n) is 3.00. The maximum Gasteiger partial charge on any atom is 0.0719 e. The largest absolute Gasteiger partial charge is 0.309 e. The number of rotatable bonds is 5. The van der Waals surface area contributed by atoms with E-state index in [1.807, 2.05) is 18.3 Å². The van der Waals surface area contributed by atoms with Crippen LogP contribution in [0.4, 0.5) is 0 Å². The molecule has 0 saturated heterocycles. The molecule has 0 fully saturated rings. The Balaban J connectivity index is 2.29. The molecule has 0 radical (unpaired) electrons. The van der Waals surface area contributed by atoms with E-state index in [-0.39, 0.29) is 6.04 Å². The summed E-state index contributed by atoms with van der Waals surface area (Å²) in [5.41, 5.74) is 2.31. The van der Waals surface area contributed by atoms with Crippen LogP contribution in [-0.2, 0) is 6.42 Å². The maximum atomic E-state index is 4.55. The summed E-state index contributed by atoms with van der Waals surface area (Å²) in [6.45, 7) is 3.01. The summed E-state index contributed by atoms with van der Waals surface area (Å²) < 4.78 is 3.13. The highest BCUT2D eigenvalue weighted by Crippen LogP contribution is 2.28. The first kappa shape index (κ1) is 16.1. The minimum absolute atomic E-state index is 0.182. The van der Waals surface area contributed by atoms with Crippen LogP contribution in [0.1, 0.15) is 24.2 Å². The Morgan fingerprint density at radius 1 is 1.15 bits per heavy atom. The highest BCUT2D eigenvalue weighted by molar-refractivity contribution is 9.11. The average molecular weight is 463 g/mol.